The third-order valence-electron chi connectivity index (χ3n) is 5.10. The molecule has 3 rings (SSSR count). The van der Waals surface area contributed by atoms with Crippen LogP contribution in [-0.4, -0.2) is 38.2 Å². The quantitative estimate of drug-likeness (QED) is 0.782. The molecule has 2 amide bonds. The molecule has 0 fully saturated rings. The molecule has 0 saturated carbocycles. The Labute approximate surface area is 152 Å². The van der Waals surface area contributed by atoms with Gasteiger partial charge >= 0.3 is 18.0 Å². The van der Waals surface area contributed by atoms with Crippen LogP contribution in [0.1, 0.15) is 41.5 Å². The fourth-order valence-corrected chi connectivity index (χ4v) is 3.86. The Bertz CT molecular complexity index is 712. The summed E-state index contributed by atoms with van der Waals surface area (Å²) in [5, 5.41) is 5.47. The molecule has 140 valence electrons. The zero-order chi connectivity index (χ0) is 18.7. The van der Waals surface area contributed by atoms with Crippen molar-refractivity contribution in [1.29, 1.82) is 0 Å². The van der Waals surface area contributed by atoms with Crippen LogP contribution in [0.4, 0.5) is 10.5 Å². The maximum atomic E-state index is 12.5. The predicted molar refractivity (Wildman–Crippen MR) is 95.1 cm³/mol. The number of nitrogens with one attached hydrogen (secondary N) is 2. The van der Waals surface area contributed by atoms with E-state index in [9.17, 15) is 14.4 Å². The monoisotopic (exact) mass is 360 g/mol. The third-order valence-corrected chi connectivity index (χ3v) is 5.10. The summed E-state index contributed by atoms with van der Waals surface area (Å²) in [6, 6.07) is 0.679. The van der Waals surface area contributed by atoms with Crippen molar-refractivity contribution in [3.05, 3.63) is 28.3 Å². The van der Waals surface area contributed by atoms with Gasteiger partial charge in [0.25, 0.3) is 0 Å². The summed E-state index contributed by atoms with van der Waals surface area (Å²) in [7, 11) is 2.44. The molecule has 7 nitrogen and oxygen atoms in total. The molecule has 2 N–H and O–H groups in total. The van der Waals surface area contributed by atoms with Crippen LogP contribution >= 0.6 is 0 Å². The fourth-order valence-electron chi connectivity index (χ4n) is 3.86. The minimum atomic E-state index is -1.09. The number of methoxy groups -OCH3 is 2. The summed E-state index contributed by atoms with van der Waals surface area (Å²) in [5.41, 5.74) is 5.89. The van der Waals surface area contributed by atoms with Gasteiger partial charge in [-0.3, -0.25) is 4.79 Å². The summed E-state index contributed by atoms with van der Waals surface area (Å²) in [6.45, 7) is 0. The van der Waals surface area contributed by atoms with Crippen LogP contribution in [0, 0.1) is 0 Å². The number of rotatable bonds is 5. The van der Waals surface area contributed by atoms with Gasteiger partial charge in [0.15, 0.2) is 0 Å². The number of ether oxygens (including phenoxy) is 2. The Balaban J connectivity index is 1.77. The zero-order valence-electron chi connectivity index (χ0n) is 15.1. The average molecular weight is 360 g/mol. The number of carbonyl (C=O) groups excluding carboxylic acids is 3. The van der Waals surface area contributed by atoms with E-state index >= 15 is 0 Å². The molecule has 0 bridgehead atoms. The van der Waals surface area contributed by atoms with Gasteiger partial charge in [-0.05, 0) is 60.8 Å². The van der Waals surface area contributed by atoms with E-state index in [-0.39, 0.29) is 6.42 Å². The van der Waals surface area contributed by atoms with Crippen molar-refractivity contribution in [1.82, 2.24) is 5.32 Å². The van der Waals surface area contributed by atoms with E-state index in [1.807, 2.05) is 0 Å². The minimum absolute atomic E-state index is 0.276. The Kier molecular flexibility index (Phi) is 5.44. The van der Waals surface area contributed by atoms with Gasteiger partial charge in [-0.2, -0.15) is 0 Å². The minimum Gasteiger partial charge on any atom is -0.469 e. The van der Waals surface area contributed by atoms with Crippen LogP contribution in [-0.2, 0) is 44.7 Å². The second-order valence-corrected chi connectivity index (χ2v) is 6.69. The van der Waals surface area contributed by atoms with Gasteiger partial charge in [0.2, 0.25) is 0 Å². The number of anilines is 1. The van der Waals surface area contributed by atoms with Gasteiger partial charge in [0.05, 0.1) is 20.6 Å². The number of benzene rings is 1. The van der Waals surface area contributed by atoms with E-state index in [2.05, 4.69) is 26.2 Å². The number of aryl methyl sites for hydroxylation is 2. The molecule has 1 atom stereocenters. The molecule has 2 aliphatic rings. The van der Waals surface area contributed by atoms with E-state index in [1.165, 1.54) is 36.5 Å². The van der Waals surface area contributed by atoms with Crippen molar-refractivity contribution < 1.29 is 23.9 Å². The van der Waals surface area contributed by atoms with Crippen molar-refractivity contribution in [2.75, 3.05) is 19.5 Å². The van der Waals surface area contributed by atoms with Gasteiger partial charge in [0, 0.05) is 5.69 Å². The first-order chi connectivity index (χ1) is 12.5. The van der Waals surface area contributed by atoms with Crippen LogP contribution in [0.15, 0.2) is 6.07 Å². The largest absolute Gasteiger partial charge is 0.469 e. The van der Waals surface area contributed by atoms with Crippen LogP contribution in [0.25, 0.3) is 0 Å². The maximum absolute atomic E-state index is 12.5. The van der Waals surface area contributed by atoms with Crippen molar-refractivity contribution in [2.45, 2.75) is 51.0 Å². The maximum Gasteiger partial charge on any atom is 0.329 e. The average Bonchev–Trinajstić information content (AvgIpc) is 3.29. The molecule has 0 aliphatic heterocycles. The summed E-state index contributed by atoms with van der Waals surface area (Å²) in [5.74, 6) is -1.28. The molecule has 26 heavy (non-hydrogen) atoms. The van der Waals surface area contributed by atoms with Gasteiger partial charge in [-0.25, -0.2) is 9.59 Å². The molecule has 1 aromatic carbocycles. The summed E-state index contributed by atoms with van der Waals surface area (Å²) >= 11 is 0. The lowest BCUT2D eigenvalue weighted by atomic mass is 9.99. The van der Waals surface area contributed by atoms with Crippen molar-refractivity contribution in [3.63, 3.8) is 0 Å². The molecule has 0 radical (unpaired) electrons. The lowest BCUT2D eigenvalue weighted by Crippen LogP contribution is -2.45. The third kappa shape index (κ3) is 3.66. The Hall–Kier alpha value is -2.57. The van der Waals surface area contributed by atoms with Crippen LogP contribution in [0.5, 0.6) is 0 Å². The summed E-state index contributed by atoms with van der Waals surface area (Å²) in [6.07, 6.45) is 5.85. The van der Waals surface area contributed by atoms with Crippen molar-refractivity contribution in [2.24, 2.45) is 0 Å². The first-order valence-electron chi connectivity index (χ1n) is 8.92. The van der Waals surface area contributed by atoms with Gasteiger partial charge in [-0.1, -0.05) is 6.07 Å². The van der Waals surface area contributed by atoms with Crippen LogP contribution in [0.2, 0.25) is 0 Å². The van der Waals surface area contributed by atoms with Crippen molar-refractivity contribution in [3.8, 4) is 0 Å². The first kappa shape index (κ1) is 18.2. The Morgan fingerprint density at radius 2 is 1.62 bits per heavy atom. The normalized spacial score (nSPS) is 15.6. The first-order valence-corrected chi connectivity index (χ1v) is 8.92. The Morgan fingerprint density at radius 3 is 2.15 bits per heavy atom. The number of carbonyl (C=O) groups is 3. The zero-order valence-corrected chi connectivity index (χ0v) is 15.1. The van der Waals surface area contributed by atoms with Crippen LogP contribution < -0.4 is 10.6 Å². The van der Waals surface area contributed by atoms with E-state index < -0.39 is 24.0 Å². The molecule has 1 aromatic rings. The fraction of sp³-hybridized carbons (Fsp3) is 0.526. The van der Waals surface area contributed by atoms with Gasteiger partial charge < -0.3 is 20.1 Å². The van der Waals surface area contributed by atoms with E-state index in [1.54, 1.807) is 0 Å². The standard InChI is InChI=1S/C19H24N2O5/c1-25-16(22)10-15(18(23)26-2)20-19(24)21-17-13-7-3-5-11(13)9-12-6-4-8-14(12)17/h9,15H,3-8,10H2,1-2H3,(H2,20,21,24)/t15-/m1/s1. The smallest absolute Gasteiger partial charge is 0.329 e. The molecule has 0 unspecified atom stereocenters. The van der Waals surface area contributed by atoms with E-state index in [4.69, 9.17) is 0 Å². The highest BCUT2D eigenvalue weighted by molar-refractivity contribution is 5.95. The Morgan fingerprint density at radius 1 is 1.00 bits per heavy atom. The van der Waals surface area contributed by atoms with Gasteiger partial charge in [-0.15, -0.1) is 0 Å². The molecule has 2 aliphatic carbocycles. The predicted octanol–water partition coefficient (Wildman–Crippen LogP) is 1.89. The SMILES string of the molecule is COC(=O)C[C@@H](NC(=O)Nc1c2c(cc3c1CCC3)CCC2)C(=O)OC. The molecule has 0 spiro atoms. The number of hydrogen-bond donors (Lipinski definition) is 2. The number of hydrogen-bond acceptors (Lipinski definition) is 5. The molecule has 0 saturated heterocycles. The highest BCUT2D eigenvalue weighted by Gasteiger charge is 2.28. The second-order valence-electron chi connectivity index (χ2n) is 6.69. The second kappa shape index (κ2) is 7.76. The molecule has 0 aromatic heterocycles. The summed E-state index contributed by atoms with van der Waals surface area (Å²) in [4.78, 5) is 35.9. The molecule has 0 heterocycles. The molecular formula is C19H24N2O5. The number of fused-ring (bicyclic) bond motifs is 2. The van der Waals surface area contributed by atoms with Gasteiger partial charge in [0.1, 0.15) is 6.04 Å². The molecular weight excluding hydrogens is 336 g/mol. The van der Waals surface area contributed by atoms with E-state index in [0.717, 1.165) is 44.2 Å². The van der Waals surface area contributed by atoms with E-state index in [0.29, 0.717) is 0 Å². The van der Waals surface area contributed by atoms with Crippen LogP contribution in [0.3, 0.4) is 0 Å². The van der Waals surface area contributed by atoms with Crippen molar-refractivity contribution >= 4 is 23.7 Å². The topological polar surface area (TPSA) is 93.7 Å². The highest BCUT2D eigenvalue weighted by Crippen LogP contribution is 2.38. The molecule has 7 heteroatoms. The lowest BCUT2D eigenvalue weighted by Gasteiger charge is -2.19. The number of amides is 2. The number of esters is 2. The highest BCUT2D eigenvalue weighted by atomic mass is 16.5. The summed E-state index contributed by atoms with van der Waals surface area (Å²) < 4.78 is 9.25. The lowest BCUT2D eigenvalue weighted by molar-refractivity contribution is -0.149. The number of urea groups is 1.